The Bertz CT molecular complexity index is 872. The molecule has 2 heterocycles. The third-order valence-electron chi connectivity index (χ3n) is 4.35. The number of sulfone groups is 1. The number of benzene rings is 1. The largest absolute Gasteiger partial charge is 0.347 e. The van der Waals surface area contributed by atoms with Gasteiger partial charge in [-0.1, -0.05) is 12.1 Å². The highest BCUT2D eigenvalue weighted by Gasteiger charge is 2.31. The van der Waals surface area contributed by atoms with Crippen LogP contribution in [0, 0.1) is 0 Å². The Morgan fingerprint density at radius 3 is 2.52 bits per heavy atom. The summed E-state index contributed by atoms with van der Waals surface area (Å²) in [4.78, 5) is 16.6. The van der Waals surface area contributed by atoms with Crippen LogP contribution >= 0.6 is 0 Å². The average molecular weight is 362 g/mol. The summed E-state index contributed by atoms with van der Waals surface area (Å²) in [5.41, 5.74) is 2.01. The fourth-order valence-corrected chi connectivity index (χ4v) is 3.69. The van der Waals surface area contributed by atoms with Crippen LogP contribution in [0.5, 0.6) is 0 Å². The van der Waals surface area contributed by atoms with Crippen LogP contribution in [0.2, 0.25) is 0 Å². The summed E-state index contributed by atoms with van der Waals surface area (Å²) in [5.74, 6) is 0.0158. The van der Waals surface area contributed by atoms with E-state index in [0.29, 0.717) is 24.5 Å². The Morgan fingerprint density at radius 1 is 1.24 bits per heavy atom. The molecule has 1 aliphatic heterocycles. The van der Waals surface area contributed by atoms with Crippen LogP contribution in [0.15, 0.2) is 41.4 Å². The highest BCUT2D eigenvalue weighted by atomic mass is 32.2. The second-order valence-electron chi connectivity index (χ2n) is 6.60. The van der Waals surface area contributed by atoms with E-state index in [2.05, 4.69) is 10.00 Å². The number of fused-ring (bicyclic) bond motifs is 1. The Kier molecular flexibility index (Phi) is 4.66. The van der Waals surface area contributed by atoms with Gasteiger partial charge in [0, 0.05) is 46.2 Å². The van der Waals surface area contributed by atoms with Crippen molar-refractivity contribution in [3.8, 4) is 0 Å². The van der Waals surface area contributed by atoms with Crippen LogP contribution in [-0.4, -0.2) is 60.8 Å². The number of aromatic nitrogens is 2. The van der Waals surface area contributed by atoms with E-state index in [0.717, 1.165) is 11.3 Å². The van der Waals surface area contributed by atoms with Gasteiger partial charge in [0.1, 0.15) is 6.04 Å². The Hall–Kier alpha value is -2.19. The van der Waals surface area contributed by atoms with E-state index >= 15 is 0 Å². The lowest BCUT2D eigenvalue weighted by molar-refractivity contribution is -0.134. The number of nitrogens with zero attached hydrogens (tertiary/aromatic N) is 4. The monoisotopic (exact) mass is 362 g/mol. The summed E-state index contributed by atoms with van der Waals surface area (Å²) in [6, 6.07) is 8.48. The highest BCUT2D eigenvalue weighted by Crippen LogP contribution is 2.23. The molecule has 0 N–H and O–H groups in total. The molecule has 0 saturated carbocycles. The number of hydrogen-bond acceptors (Lipinski definition) is 5. The second-order valence-corrected chi connectivity index (χ2v) is 8.62. The van der Waals surface area contributed by atoms with Crippen molar-refractivity contribution in [1.29, 1.82) is 0 Å². The number of rotatable bonds is 4. The van der Waals surface area contributed by atoms with Gasteiger partial charge < -0.3 is 4.90 Å². The topological polar surface area (TPSA) is 75.5 Å². The van der Waals surface area contributed by atoms with E-state index in [1.54, 1.807) is 42.0 Å². The molecule has 1 unspecified atom stereocenters. The van der Waals surface area contributed by atoms with Crippen molar-refractivity contribution in [2.45, 2.75) is 24.0 Å². The molecule has 1 amide bonds. The standard InChI is InChI=1S/C17H22N4O3S/c1-19(2)17(22)16-12-20(11-14-8-9-18-21(14)16)10-13-4-6-15(7-5-13)25(3,23)24/h4-9,16H,10-12H2,1-3H3. The van der Waals surface area contributed by atoms with E-state index < -0.39 is 9.84 Å². The number of carbonyl (C=O) groups excluding carboxylic acids is 1. The molecule has 0 aliphatic carbocycles. The predicted octanol–water partition coefficient (Wildman–Crippen LogP) is 0.932. The molecule has 3 rings (SSSR count). The minimum Gasteiger partial charge on any atom is -0.347 e. The first-order chi connectivity index (χ1) is 11.8. The molecule has 7 nitrogen and oxygen atoms in total. The van der Waals surface area contributed by atoms with E-state index in [4.69, 9.17) is 0 Å². The molecule has 0 fully saturated rings. The molecule has 0 radical (unpaired) electrons. The third-order valence-corrected chi connectivity index (χ3v) is 5.48. The molecule has 1 aromatic carbocycles. The van der Waals surface area contributed by atoms with E-state index in [1.165, 1.54) is 6.26 Å². The van der Waals surface area contributed by atoms with Crippen molar-refractivity contribution in [2.24, 2.45) is 0 Å². The lowest BCUT2D eigenvalue weighted by Crippen LogP contribution is -2.44. The van der Waals surface area contributed by atoms with Gasteiger partial charge in [-0.15, -0.1) is 0 Å². The van der Waals surface area contributed by atoms with Crippen LogP contribution in [0.4, 0.5) is 0 Å². The van der Waals surface area contributed by atoms with Gasteiger partial charge in [0.2, 0.25) is 5.91 Å². The zero-order valence-corrected chi connectivity index (χ0v) is 15.4. The fourth-order valence-electron chi connectivity index (χ4n) is 3.06. The molecule has 0 saturated heterocycles. The normalized spacial score (nSPS) is 18.0. The summed E-state index contributed by atoms with van der Waals surface area (Å²) in [6.45, 7) is 1.91. The van der Waals surface area contributed by atoms with Crippen molar-refractivity contribution in [2.75, 3.05) is 26.9 Å². The Labute approximate surface area is 147 Å². The van der Waals surface area contributed by atoms with E-state index in [1.807, 2.05) is 18.2 Å². The summed E-state index contributed by atoms with van der Waals surface area (Å²) in [7, 11) is 0.299. The third kappa shape index (κ3) is 3.74. The summed E-state index contributed by atoms with van der Waals surface area (Å²) >= 11 is 0. The maximum absolute atomic E-state index is 12.5. The zero-order valence-electron chi connectivity index (χ0n) is 14.6. The molecule has 1 aromatic heterocycles. The molecule has 134 valence electrons. The van der Waals surface area contributed by atoms with E-state index in [9.17, 15) is 13.2 Å². The molecule has 25 heavy (non-hydrogen) atoms. The highest BCUT2D eigenvalue weighted by molar-refractivity contribution is 7.90. The zero-order chi connectivity index (χ0) is 18.2. The summed E-state index contributed by atoms with van der Waals surface area (Å²) < 4.78 is 24.9. The number of likely N-dealkylation sites (N-methyl/N-ethyl adjacent to an activating group) is 1. The van der Waals surface area contributed by atoms with Gasteiger partial charge in [-0.3, -0.25) is 14.4 Å². The second kappa shape index (κ2) is 6.61. The SMILES string of the molecule is CN(C)C(=O)C1CN(Cc2ccc(S(C)(=O)=O)cc2)Cc2ccnn21. The molecular formula is C17H22N4O3S. The minimum absolute atomic E-state index is 0.0158. The molecule has 8 heteroatoms. The van der Waals surface area contributed by atoms with Gasteiger partial charge in [0.25, 0.3) is 0 Å². The molecule has 0 spiro atoms. The maximum Gasteiger partial charge on any atom is 0.248 e. The van der Waals surface area contributed by atoms with E-state index in [-0.39, 0.29) is 11.9 Å². The maximum atomic E-state index is 12.5. The smallest absolute Gasteiger partial charge is 0.248 e. The average Bonchev–Trinajstić information content (AvgIpc) is 3.01. The fraction of sp³-hybridized carbons (Fsp3) is 0.412. The van der Waals surface area contributed by atoms with Crippen molar-refractivity contribution in [3.05, 3.63) is 47.8 Å². The Balaban J connectivity index is 1.79. The van der Waals surface area contributed by atoms with Crippen molar-refractivity contribution in [1.82, 2.24) is 19.6 Å². The van der Waals surface area contributed by atoms with Gasteiger partial charge in [0.05, 0.1) is 10.6 Å². The Morgan fingerprint density at radius 2 is 1.92 bits per heavy atom. The molecule has 0 bridgehead atoms. The lowest BCUT2D eigenvalue weighted by Gasteiger charge is -2.34. The number of amides is 1. The van der Waals surface area contributed by atoms with Gasteiger partial charge in [0.15, 0.2) is 9.84 Å². The van der Waals surface area contributed by atoms with Gasteiger partial charge in [-0.25, -0.2) is 8.42 Å². The van der Waals surface area contributed by atoms with Crippen LogP contribution in [0.1, 0.15) is 17.3 Å². The van der Waals surface area contributed by atoms with Crippen LogP contribution < -0.4 is 0 Å². The number of hydrogen-bond donors (Lipinski definition) is 0. The molecule has 2 aromatic rings. The molecular weight excluding hydrogens is 340 g/mol. The van der Waals surface area contributed by atoms with Crippen LogP contribution in [-0.2, 0) is 27.7 Å². The lowest BCUT2D eigenvalue weighted by atomic mass is 10.1. The van der Waals surface area contributed by atoms with Crippen molar-refractivity contribution in [3.63, 3.8) is 0 Å². The van der Waals surface area contributed by atoms with Gasteiger partial charge >= 0.3 is 0 Å². The van der Waals surface area contributed by atoms with Gasteiger partial charge in [-0.05, 0) is 23.8 Å². The first-order valence-corrected chi connectivity index (χ1v) is 9.90. The van der Waals surface area contributed by atoms with Crippen molar-refractivity contribution >= 4 is 15.7 Å². The first-order valence-electron chi connectivity index (χ1n) is 8.00. The predicted molar refractivity (Wildman–Crippen MR) is 93.6 cm³/mol. The first kappa shape index (κ1) is 17.6. The van der Waals surface area contributed by atoms with Crippen LogP contribution in [0.3, 0.4) is 0 Å². The quantitative estimate of drug-likeness (QED) is 0.809. The minimum atomic E-state index is -3.19. The summed E-state index contributed by atoms with van der Waals surface area (Å²) in [6.07, 6.45) is 2.92. The number of carbonyl (C=O) groups is 1. The summed E-state index contributed by atoms with van der Waals surface area (Å²) in [5, 5.41) is 4.30. The van der Waals surface area contributed by atoms with Crippen LogP contribution in [0.25, 0.3) is 0 Å². The molecule has 1 aliphatic rings. The van der Waals surface area contributed by atoms with Gasteiger partial charge in [-0.2, -0.15) is 5.10 Å². The molecule has 1 atom stereocenters. The van der Waals surface area contributed by atoms with Crippen molar-refractivity contribution < 1.29 is 13.2 Å².